The van der Waals surface area contributed by atoms with Gasteiger partial charge in [0.2, 0.25) is 0 Å². The minimum atomic E-state index is -0.256. The molecule has 0 aliphatic rings. The van der Waals surface area contributed by atoms with Gasteiger partial charge in [-0.05, 0) is 30.7 Å². The van der Waals surface area contributed by atoms with Gasteiger partial charge in [-0.3, -0.25) is 4.79 Å². The van der Waals surface area contributed by atoms with Crippen molar-refractivity contribution < 1.29 is 9.53 Å². The van der Waals surface area contributed by atoms with Gasteiger partial charge in [-0.15, -0.1) is 0 Å². The van der Waals surface area contributed by atoms with Crippen molar-refractivity contribution >= 4 is 27.5 Å². The lowest BCUT2D eigenvalue weighted by Crippen LogP contribution is -2.28. The molecule has 0 aliphatic carbocycles. The first-order valence-electron chi connectivity index (χ1n) is 6.52. The number of hydrogen-bond donors (Lipinski definition) is 2. The number of carbonyl (C=O) groups excluding carboxylic acids is 1. The van der Waals surface area contributed by atoms with Crippen molar-refractivity contribution in [2.45, 2.75) is 13.0 Å². The second-order valence-corrected chi connectivity index (χ2v) is 5.50. The first kappa shape index (κ1) is 15.4. The van der Waals surface area contributed by atoms with Crippen molar-refractivity contribution in [3.05, 3.63) is 58.1 Å². The Balaban J connectivity index is 2.25. The smallest absolute Gasteiger partial charge is 0.257 e. The van der Waals surface area contributed by atoms with Gasteiger partial charge in [-0.2, -0.15) is 0 Å². The summed E-state index contributed by atoms with van der Waals surface area (Å²) in [5.74, 6) is 0.208. The average molecular weight is 349 g/mol. The number of nitrogens with one attached hydrogen (secondary N) is 1. The van der Waals surface area contributed by atoms with Crippen molar-refractivity contribution in [2.24, 2.45) is 0 Å². The van der Waals surface area contributed by atoms with E-state index in [4.69, 9.17) is 10.5 Å². The summed E-state index contributed by atoms with van der Waals surface area (Å²) in [5.41, 5.74) is 7.65. The summed E-state index contributed by atoms with van der Waals surface area (Å²) in [6.07, 6.45) is 0. The maximum absolute atomic E-state index is 12.5. The van der Waals surface area contributed by atoms with E-state index in [1.165, 1.54) is 7.11 Å². The monoisotopic (exact) mass is 348 g/mol. The van der Waals surface area contributed by atoms with Gasteiger partial charge < -0.3 is 15.8 Å². The molecular weight excluding hydrogens is 332 g/mol. The molecule has 0 spiro atoms. The Bertz CT molecular complexity index is 658. The van der Waals surface area contributed by atoms with Crippen LogP contribution in [0.4, 0.5) is 5.69 Å². The molecule has 2 rings (SSSR count). The molecule has 2 aromatic rings. The molecule has 0 bridgehead atoms. The van der Waals surface area contributed by atoms with Crippen LogP contribution in [0.3, 0.4) is 0 Å². The van der Waals surface area contributed by atoms with Gasteiger partial charge in [0.25, 0.3) is 5.91 Å². The summed E-state index contributed by atoms with van der Waals surface area (Å²) in [6.45, 7) is 1.92. The molecule has 1 atom stereocenters. The predicted molar refractivity (Wildman–Crippen MR) is 87.4 cm³/mol. The van der Waals surface area contributed by atoms with Crippen LogP contribution in [-0.4, -0.2) is 13.0 Å². The lowest BCUT2D eigenvalue weighted by molar-refractivity contribution is 0.0937. The number of amides is 1. The Morgan fingerprint density at radius 1 is 1.24 bits per heavy atom. The number of halogens is 1. The van der Waals surface area contributed by atoms with Gasteiger partial charge in [0, 0.05) is 10.2 Å². The molecule has 0 saturated carbocycles. The van der Waals surface area contributed by atoms with Crippen LogP contribution in [0, 0.1) is 0 Å². The fourth-order valence-corrected chi connectivity index (χ4v) is 2.76. The lowest BCUT2D eigenvalue weighted by Gasteiger charge is -2.17. The van der Waals surface area contributed by atoms with Gasteiger partial charge in [0.1, 0.15) is 11.3 Å². The fraction of sp³-hybridized carbons (Fsp3) is 0.188. The third kappa shape index (κ3) is 3.36. The van der Waals surface area contributed by atoms with E-state index in [1.54, 1.807) is 18.2 Å². The van der Waals surface area contributed by atoms with Gasteiger partial charge >= 0.3 is 0 Å². The van der Waals surface area contributed by atoms with Crippen molar-refractivity contribution in [1.82, 2.24) is 5.32 Å². The zero-order valence-corrected chi connectivity index (χ0v) is 13.5. The molecule has 0 aromatic heterocycles. The predicted octanol–water partition coefficient (Wildman–Crippen LogP) is 3.53. The second-order valence-electron chi connectivity index (χ2n) is 4.64. The number of ether oxygens (including phenoxy) is 1. The van der Waals surface area contributed by atoms with Gasteiger partial charge in [0.15, 0.2) is 0 Å². The number of hydrogen-bond acceptors (Lipinski definition) is 3. The highest BCUT2D eigenvalue weighted by atomic mass is 79.9. The van der Waals surface area contributed by atoms with E-state index < -0.39 is 0 Å². The number of methoxy groups -OCH3 is 1. The number of nitrogen functional groups attached to an aromatic ring is 1. The fourth-order valence-electron chi connectivity index (χ4n) is 2.13. The second kappa shape index (κ2) is 6.63. The van der Waals surface area contributed by atoms with Gasteiger partial charge in [0.05, 0.1) is 13.2 Å². The standard InChI is InChI=1S/C16H17BrN2O2/c1-10(11-6-3-4-7-12(11)17)19-16(20)15-13(18)8-5-9-14(15)21-2/h3-10H,18H2,1-2H3,(H,19,20). The third-order valence-electron chi connectivity index (χ3n) is 3.22. The highest BCUT2D eigenvalue weighted by Gasteiger charge is 2.19. The summed E-state index contributed by atoms with van der Waals surface area (Å²) >= 11 is 3.48. The Hall–Kier alpha value is -2.01. The molecule has 1 unspecified atom stereocenters. The van der Waals surface area contributed by atoms with E-state index in [9.17, 15) is 4.79 Å². The molecular formula is C16H17BrN2O2. The van der Waals surface area contributed by atoms with Crippen LogP contribution in [-0.2, 0) is 0 Å². The van der Waals surface area contributed by atoms with Crippen LogP contribution < -0.4 is 15.8 Å². The molecule has 1 amide bonds. The van der Waals surface area contributed by atoms with Crippen molar-refractivity contribution in [1.29, 1.82) is 0 Å². The summed E-state index contributed by atoms with van der Waals surface area (Å²) in [7, 11) is 1.52. The minimum Gasteiger partial charge on any atom is -0.496 e. The average Bonchev–Trinajstić information content (AvgIpc) is 2.46. The highest BCUT2D eigenvalue weighted by molar-refractivity contribution is 9.10. The Morgan fingerprint density at radius 2 is 1.95 bits per heavy atom. The SMILES string of the molecule is COc1cccc(N)c1C(=O)NC(C)c1ccccc1Br. The molecule has 3 N–H and O–H groups in total. The molecule has 110 valence electrons. The minimum absolute atomic E-state index is 0.155. The number of carbonyl (C=O) groups is 1. The first-order valence-corrected chi connectivity index (χ1v) is 7.31. The quantitative estimate of drug-likeness (QED) is 0.830. The molecule has 4 nitrogen and oxygen atoms in total. The largest absolute Gasteiger partial charge is 0.496 e. The van der Waals surface area contributed by atoms with Crippen LogP contribution in [0.1, 0.15) is 28.9 Å². The molecule has 2 aromatic carbocycles. The number of anilines is 1. The van der Waals surface area contributed by atoms with E-state index >= 15 is 0 Å². The van der Waals surface area contributed by atoms with E-state index in [1.807, 2.05) is 31.2 Å². The van der Waals surface area contributed by atoms with Crippen LogP contribution in [0.25, 0.3) is 0 Å². The van der Waals surface area contributed by atoms with E-state index in [2.05, 4.69) is 21.2 Å². The molecule has 0 aliphatic heterocycles. The maximum Gasteiger partial charge on any atom is 0.257 e. The summed E-state index contributed by atoms with van der Waals surface area (Å²) < 4.78 is 6.16. The van der Waals surface area contributed by atoms with Crippen molar-refractivity contribution in [3.63, 3.8) is 0 Å². The first-order chi connectivity index (χ1) is 10.0. The Morgan fingerprint density at radius 3 is 2.62 bits per heavy atom. The van der Waals surface area contributed by atoms with Crippen molar-refractivity contribution in [2.75, 3.05) is 12.8 Å². The summed E-state index contributed by atoms with van der Waals surface area (Å²) in [6, 6.07) is 12.8. The van der Waals surface area contributed by atoms with Crippen LogP contribution in [0.5, 0.6) is 5.75 Å². The number of benzene rings is 2. The molecule has 5 heteroatoms. The third-order valence-corrected chi connectivity index (χ3v) is 3.95. The Kier molecular flexibility index (Phi) is 4.85. The van der Waals surface area contributed by atoms with Gasteiger partial charge in [-0.25, -0.2) is 0 Å². The molecule has 0 fully saturated rings. The normalized spacial score (nSPS) is 11.8. The zero-order valence-electron chi connectivity index (χ0n) is 11.9. The molecule has 0 saturated heterocycles. The van der Waals surface area contributed by atoms with Crippen LogP contribution >= 0.6 is 15.9 Å². The van der Waals surface area contributed by atoms with E-state index in [0.717, 1.165) is 10.0 Å². The van der Waals surface area contributed by atoms with Gasteiger partial charge in [-0.1, -0.05) is 40.2 Å². The number of nitrogens with two attached hydrogens (primary N) is 1. The van der Waals surface area contributed by atoms with Crippen LogP contribution in [0.2, 0.25) is 0 Å². The number of rotatable bonds is 4. The summed E-state index contributed by atoms with van der Waals surface area (Å²) in [5, 5.41) is 2.94. The summed E-state index contributed by atoms with van der Waals surface area (Å²) in [4.78, 5) is 12.5. The Labute approximate surface area is 132 Å². The lowest BCUT2D eigenvalue weighted by atomic mass is 10.1. The highest BCUT2D eigenvalue weighted by Crippen LogP contribution is 2.27. The molecule has 0 radical (unpaired) electrons. The van der Waals surface area contributed by atoms with Crippen LogP contribution in [0.15, 0.2) is 46.9 Å². The molecule has 21 heavy (non-hydrogen) atoms. The van der Waals surface area contributed by atoms with E-state index in [0.29, 0.717) is 17.0 Å². The van der Waals surface area contributed by atoms with E-state index in [-0.39, 0.29) is 11.9 Å². The topological polar surface area (TPSA) is 64.3 Å². The maximum atomic E-state index is 12.5. The van der Waals surface area contributed by atoms with Crippen molar-refractivity contribution in [3.8, 4) is 5.75 Å². The molecule has 0 heterocycles. The zero-order chi connectivity index (χ0) is 15.4.